The fourth-order valence-electron chi connectivity index (χ4n) is 5.00. The quantitative estimate of drug-likeness (QED) is 0.456. The highest BCUT2D eigenvalue weighted by Crippen LogP contribution is 2.19. The van der Waals surface area contributed by atoms with Gasteiger partial charge >= 0.3 is 11.7 Å². The third-order valence-corrected chi connectivity index (χ3v) is 7.78. The van der Waals surface area contributed by atoms with Crippen LogP contribution in [0.15, 0.2) is 41.3 Å². The van der Waals surface area contributed by atoms with Crippen LogP contribution in [-0.2, 0) is 11.2 Å². The lowest BCUT2D eigenvalue weighted by Gasteiger charge is -2.38. The van der Waals surface area contributed by atoms with Crippen molar-refractivity contribution in [3.8, 4) is 5.69 Å². The predicted molar refractivity (Wildman–Crippen MR) is 159 cm³/mol. The fraction of sp³-hybridized carbons (Fsp3) is 0.571. The van der Waals surface area contributed by atoms with Crippen LogP contribution in [0.2, 0.25) is 0 Å². The molecule has 2 fully saturated rings. The lowest BCUT2D eigenvalue weighted by Crippen LogP contribution is -2.55. The van der Waals surface area contributed by atoms with Crippen molar-refractivity contribution in [3.63, 3.8) is 0 Å². The Hall–Kier alpha value is -2.99. The van der Waals surface area contributed by atoms with Crippen molar-refractivity contribution in [2.24, 2.45) is 16.9 Å². The number of rotatable bonds is 7. The van der Waals surface area contributed by atoms with Gasteiger partial charge in [-0.1, -0.05) is 12.1 Å². The summed E-state index contributed by atoms with van der Waals surface area (Å²) in [7, 11) is 0. The van der Waals surface area contributed by atoms with Crippen molar-refractivity contribution in [3.05, 3.63) is 52.6 Å². The molecule has 40 heavy (non-hydrogen) atoms. The molecule has 0 radical (unpaired) electrons. The third kappa shape index (κ3) is 8.03. The lowest BCUT2D eigenvalue weighted by atomic mass is 9.91. The summed E-state index contributed by atoms with van der Waals surface area (Å²) in [5.74, 6) is 0.184. The van der Waals surface area contributed by atoms with E-state index in [2.05, 4.69) is 15.2 Å². The van der Waals surface area contributed by atoms with E-state index in [4.69, 9.17) is 11.5 Å². The Morgan fingerprint density at radius 3 is 2.33 bits per heavy atom. The average molecular weight is 575 g/mol. The van der Waals surface area contributed by atoms with Gasteiger partial charge in [0.05, 0.1) is 11.1 Å². The zero-order valence-corrected chi connectivity index (χ0v) is 24.4. The number of urea groups is 1. The summed E-state index contributed by atoms with van der Waals surface area (Å²) in [6, 6.07) is 9.51. The monoisotopic (exact) mass is 574 g/mol. The Morgan fingerprint density at radius 1 is 1.00 bits per heavy atom. The van der Waals surface area contributed by atoms with Crippen LogP contribution in [0, 0.1) is 5.41 Å². The predicted octanol–water partition coefficient (Wildman–Crippen LogP) is 1.67. The second kappa shape index (κ2) is 14.1. The van der Waals surface area contributed by atoms with Crippen molar-refractivity contribution in [1.29, 1.82) is 0 Å². The Balaban J connectivity index is 0.00000441. The van der Waals surface area contributed by atoms with Crippen LogP contribution in [0.1, 0.15) is 38.7 Å². The van der Waals surface area contributed by atoms with Gasteiger partial charge in [-0.15, -0.1) is 12.4 Å². The van der Waals surface area contributed by atoms with Gasteiger partial charge in [-0.2, -0.15) is 4.98 Å². The summed E-state index contributed by atoms with van der Waals surface area (Å²) in [6.07, 6.45) is 5.87. The van der Waals surface area contributed by atoms with E-state index in [1.54, 1.807) is 22.1 Å². The maximum atomic E-state index is 12.7. The molecule has 2 aliphatic heterocycles. The van der Waals surface area contributed by atoms with Crippen molar-refractivity contribution < 1.29 is 9.59 Å². The van der Waals surface area contributed by atoms with Crippen molar-refractivity contribution in [2.75, 3.05) is 57.7 Å². The molecule has 2 aliphatic rings. The van der Waals surface area contributed by atoms with E-state index in [-0.39, 0.29) is 36.7 Å². The van der Waals surface area contributed by atoms with E-state index >= 15 is 0 Å². The molecule has 0 aliphatic carbocycles. The Bertz CT molecular complexity index is 1190. The smallest absolute Gasteiger partial charge is 0.339 e. The zero-order chi connectivity index (χ0) is 28.0. The number of halogens is 1. The van der Waals surface area contributed by atoms with Gasteiger partial charge in [0.25, 0.3) is 0 Å². The molecule has 12 heteroatoms. The van der Waals surface area contributed by atoms with Gasteiger partial charge in [0.15, 0.2) is 0 Å². The summed E-state index contributed by atoms with van der Waals surface area (Å²) >= 11 is 0. The number of anilines is 1. The second-order valence-electron chi connectivity index (χ2n) is 11.2. The van der Waals surface area contributed by atoms with Crippen molar-refractivity contribution >= 4 is 30.2 Å². The van der Waals surface area contributed by atoms with Gasteiger partial charge in [-0.25, -0.2) is 9.59 Å². The van der Waals surface area contributed by atoms with Gasteiger partial charge in [-0.05, 0) is 76.4 Å². The number of nitrogens with one attached hydrogen (secondary N) is 1. The lowest BCUT2D eigenvalue weighted by molar-refractivity contribution is -0.141. The van der Waals surface area contributed by atoms with E-state index in [0.29, 0.717) is 32.2 Å². The molecule has 1 aromatic carbocycles. The van der Waals surface area contributed by atoms with E-state index < -0.39 is 11.1 Å². The first-order valence-corrected chi connectivity index (χ1v) is 13.9. The Morgan fingerprint density at radius 2 is 1.68 bits per heavy atom. The molecule has 0 saturated carbocycles. The summed E-state index contributed by atoms with van der Waals surface area (Å²) < 4.78 is 1.46. The number of amides is 3. The van der Waals surface area contributed by atoms with E-state index in [1.165, 1.54) is 10.1 Å². The number of aromatic nitrogens is 2. The molecule has 1 atom stereocenters. The van der Waals surface area contributed by atoms with Crippen LogP contribution < -0.4 is 22.5 Å². The van der Waals surface area contributed by atoms with Gasteiger partial charge in [0.2, 0.25) is 5.91 Å². The molecule has 2 saturated heterocycles. The van der Waals surface area contributed by atoms with Crippen molar-refractivity contribution in [1.82, 2.24) is 24.3 Å². The molecule has 4 rings (SSSR count). The number of hydrogen-bond donors (Lipinski definition) is 3. The number of hydrogen-bond acceptors (Lipinski definition) is 7. The van der Waals surface area contributed by atoms with E-state index in [1.807, 2.05) is 38.1 Å². The third-order valence-electron chi connectivity index (χ3n) is 7.78. The van der Waals surface area contributed by atoms with Crippen LogP contribution in [-0.4, -0.2) is 94.6 Å². The molecule has 0 spiro atoms. The number of carbonyl (C=O) groups is 2. The minimum absolute atomic E-state index is 0. The molecular weight excluding hydrogens is 532 g/mol. The molecule has 3 amide bonds. The summed E-state index contributed by atoms with van der Waals surface area (Å²) in [5, 5.41) is 2.71. The van der Waals surface area contributed by atoms with E-state index in [0.717, 1.165) is 51.0 Å². The molecule has 5 N–H and O–H groups in total. The highest BCUT2D eigenvalue weighted by Gasteiger charge is 2.33. The SMILES string of the molecule is CC(C)(CN)C(=O)N1CCN(C(=O)Nc2ccn(-c3ccc(CCN4CCCC(N)CC4)cc3)c(=O)n2)CC1.Cl. The molecule has 1 aromatic heterocycles. The molecule has 11 nitrogen and oxygen atoms in total. The molecule has 2 aromatic rings. The fourth-order valence-corrected chi connectivity index (χ4v) is 5.00. The summed E-state index contributed by atoms with van der Waals surface area (Å²) in [6.45, 7) is 8.72. The first-order chi connectivity index (χ1) is 18.7. The number of likely N-dealkylation sites (tertiary alicyclic amines) is 1. The molecule has 0 bridgehead atoms. The van der Waals surface area contributed by atoms with Crippen LogP contribution in [0.4, 0.5) is 10.6 Å². The van der Waals surface area contributed by atoms with Crippen molar-refractivity contribution in [2.45, 2.75) is 45.6 Å². The van der Waals surface area contributed by atoms with Gasteiger partial charge in [0, 0.05) is 51.5 Å². The minimum Gasteiger partial charge on any atom is -0.339 e. The van der Waals surface area contributed by atoms with Crippen LogP contribution >= 0.6 is 12.4 Å². The first-order valence-electron chi connectivity index (χ1n) is 13.9. The molecule has 3 heterocycles. The summed E-state index contributed by atoms with van der Waals surface area (Å²) in [4.78, 5) is 48.0. The largest absolute Gasteiger partial charge is 0.354 e. The maximum Gasteiger partial charge on any atom is 0.354 e. The second-order valence-corrected chi connectivity index (χ2v) is 11.2. The zero-order valence-electron chi connectivity index (χ0n) is 23.6. The topological polar surface area (TPSA) is 143 Å². The molecule has 1 unspecified atom stereocenters. The van der Waals surface area contributed by atoms with Crippen LogP contribution in [0.5, 0.6) is 0 Å². The average Bonchev–Trinajstić information content (AvgIpc) is 3.15. The van der Waals surface area contributed by atoms with Gasteiger partial charge in [-0.3, -0.25) is 14.7 Å². The number of benzene rings is 1. The number of nitrogens with two attached hydrogens (primary N) is 2. The van der Waals surface area contributed by atoms with Crippen LogP contribution in [0.3, 0.4) is 0 Å². The Labute approximate surface area is 242 Å². The Kier molecular flexibility index (Phi) is 11.1. The molecule has 220 valence electrons. The standard InChI is InChI=1S/C28H42N8O3.ClH/c1-28(2,20-29)25(37)34-16-18-35(19-17-34)26(38)31-24-11-15-36(27(39)32-24)23-7-5-21(6-8-23)9-13-33-12-3-4-22(30)10-14-33;/h5-8,11,15,22H,3-4,9-10,12-14,16-20,29-30H2,1-2H3,(H,31,32,38,39);1H. The van der Waals surface area contributed by atoms with Gasteiger partial charge in [0.1, 0.15) is 5.82 Å². The van der Waals surface area contributed by atoms with E-state index in [9.17, 15) is 14.4 Å². The highest BCUT2D eigenvalue weighted by atomic mass is 35.5. The normalized spacial score (nSPS) is 18.6. The van der Waals surface area contributed by atoms with Gasteiger partial charge < -0.3 is 26.2 Å². The molecular formula is C28H43ClN8O3. The summed E-state index contributed by atoms with van der Waals surface area (Å²) in [5.41, 5.74) is 12.7. The minimum atomic E-state index is -0.625. The number of piperazine rings is 1. The highest BCUT2D eigenvalue weighted by molar-refractivity contribution is 5.88. The number of carbonyl (C=O) groups excluding carboxylic acids is 2. The number of nitrogens with zero attached hydrogens (tertiary/aromatic N) is 5. The first kappa shape index (κ1) is 31.5. The van der Waals surface area contributed by atoms with Crippen LogP contribution in [0.25, 0.3) is 5.69 Å². The maximum absolute atomic E-state index is 12.7.